The van der Waals surface area contributed by atoms with Gasteiger partial charge in [0.15, 0.2) is 0 Å². The Morgan fingerprint density at radius 3 is 2.90 bits per heavy atom. The van der Waals surface area contributed by atoms with Gasteiger partial charge in [-0.05, 0) is 42.3 Å². The van der Waals surface area contributed by atoms with Gasteiger partial charge in [0.2, 0.25) is 11.9 Å². The van der Waals surface area contributed by atoms with Crippen LogP contribution in [0.1, 0.15) is 18.4 Å². The minimum Gasteiger partial charge on any atom is -0.383 e. The van der Waals surface area contributed by atoms with Crippen LogP contribution in [-0.2, 0) is 4.79 Å². The van der Waals surface area contributed by atoms with Crippen LogP contribution in [0.15, 0.2) is 42.6 Å². The molecule has 2 aliphatic carbocycles. The van der Waals surface area contributed by atoms with Crippen molar-refractivity contribution in [2.45, 2.75) is 25.8 Å². The molecule has 3 N–H and O–H groups in total. The molecular weight excluding hydrogens is 362 g/mol. The molecule has 144 valence electrons. The lowest BCUT2D eigenvalue weighted by atomic mass is 10.0. The number of nitrogens with zero attached hydrogens (tertiary/aromatic N) is 3. The van der Waals surface area contributed by atoms with Crippen LogP contribution >= 0.6 is 0 Å². The summed E-state index contributed by atoms with van der Waals surface area (Å²) in [4.78, 5) is 25.3. The Morgan fingerprint density at radius 1 is 1.28 bits per heavy atom. The predicted molar refractivity (Wildman–Crippen MR) is 113 cm³/mol. The second-order valence-corrected chi connectivity index (χ2v) is 8.03. The van der Waals surface area contributed by atoms with E-state index < -0.39 is 0 Å². The summed E-state index contributed by atoms with van der Waals surface area (Å²) in [6.45, 7) is 9.33. The number of rotatable bonds is 3. The highest BCUT2D eigenvalue weighted by molar-refractivity contribution is 5.98. The molecule has 6 heteroatoms. The van der Waals surface area contributed by atoms with E-state index in [1.807, 2.05) is 43.3 Å². The largest absolute Gasteiger partial charge is 0.383 e. The normalized spacial score (nSPS) is 24.7. The lowest BCUT2D eigenvalue weighted by Gasteiger charge is -2.11. The van der Waals surface area contributed by atoms with Gasteiger partial charge in [-0.3, -0.25) is 4.79 Å². The molecule has 5 rings (SSSR count). The van der Waals surface area contributed by atoms with Crippen LogP contribution in [0, 0.1) is 31.2 Å². The van der Waals surface area contributed by atoms with E-state index in [4.69, 9.17) is 12.3 Å². The van der Waals surface area contributed by atoms with Gasteiger partial charge in [0.25, 0.3) is 0 Å². The van der Waals surface area contributed by atoms with E-state index in [1.54, 1.807) is 6.20 Å². The monoisotopic (exact) mass is 383 g/mol. The fraction of sp³-hybridized carbons (Fsp3) is 0.304. The van der Waals surface area contributed by atoms with Crippen molar-refractivity contribution in [1.29, 1.82) is 0 Å². The van der Waals surface area contributed by atoms with E-state index in [2.05, 4.69) is 20.1 Å². The Kier molecular flexibility index (Phi) is 3.99. The Labute approximate surface area is 169 Å². The molecule has 0 bridgehead atoms. The van der Waals surface area contributed by atoms with Crippen LogP contribution in [0.4, 0.5) is 11.6 Å². The van der Waals surface area contributed by atoms with Crippen molar-refractivity contribution >= 4 is 28.3 Å². The number of aryl methyl sites for hydroxylation is 1. The molecule has 3 aromatic rings. The maximum Gasteiger partial charge on any atom is 0.229 e. The number of pyridine rings is 2. The van der Waals surface area contributed by atoms with Crippen molar-refractivity contribution in [1.82, 2.24) is 9.97 Å². The summed E-state index contributed by atoms with van der Waals surface area (Å²) in [5.74, 6) is 1.44. The zero-order valence-electron chi connectivity index (χ0n) is 16.1. The fourth-order valence-corrected chi connectivity index (χ4v) is 4.82. The number of carbonyl (C=O) groups is 1. The van der Waals surface area contributed by atoms with E-state index in [0.29, 0.717) is 17.6 Å². The molecule has 0 spiro atoms. The highest BCUT2D eigenvalue weighted by atomic mass is 16.2. The maximum absolute atomic E-state index is 12.7. The topological polar surface area (TPSA) is 85.3 Å². The number of anilines is 2. The molecule has 0 saturated heterocycles. The van der Waals surface area contributed by atoms with Crippen molar-refractivity contribution in [3.05, 3.63) is 59.6 Å². The van der Waals surface area contributed by atoms with Gasteiger partial charge < -0.3 is 15.9 Å². The molecule has 0 radical (unpaired) electrons. The first-order valence-corrected chi connectivity index (χ1v) is 9.86. The van der Waals surface area contributed by atoms with Crippen LogP contribution in [0.5, 0.6) is 0 Å². The zero-order valence-corrected chi connectivity index (χ0v) is 16.1. The quantitative estimate of drug-likeness (QED) is 0.668. The van der Waals surface area contributed by atoms with E-state index in [9.17, 15) is 4.79 Å². The Balaban J connectivity index is 1.44. The van der Waals surface area contributed by atoms with Crippen molar-refractivity contribution in [3.63, 3.8) is 0 Å². The standard InChI is InChI=1S/C23H21N5O/c1-12-5-3-4-6-14(12)18-9-13-10-19(26-11-16(13)22(24)27-18)28-23(29)21-15-7-8-17(25-2)20(15)21/h3-6,9-11,15,17,20-21H,7-8H2,1H3,(H2,24,27)(H,26,28,29)/t15-,17?,20-,21?/m1/s1. The second kappa shape index (κ2) is 6.56. The van der Waals surface area contributed by atoms with Gasteiger partial charge in [0.1, 0.15) is 11.6 Å². The van der Waals surface area contributed by atoms with Crippen LogP contribution in [0.25, 0.3) is 26.9 Å². The molecule has 2 heterocycles. The summed E-state index contributed by atoms with van der Waals surface area (Å²) in [5.41, 5.74) is 9.13. The first-order chi connectivity index (χ1) is 14.1. The molecular formula is C23H21N5O. The molecule has 2 aromatic heterocycles. The van der Waals surface area contributed by atoms with Crippen LogP contribution < -0.4 is 11.1 Å². The van der Waals surface area contributed by atoms with E-state index in [-0.39, 0.29) is 23.8 Å². The van der Waals surface area contributed by atoms with Gasteiger partial charge in [-0.2, -0.15) is 0 Å². The Bertz CT molecular complexity index is 1180. The van der Waals surface area contributed by atoms with E-state index in [1.165, 1.54) is 0 Å². The number of amides is 1. The SMILES string of the molecule is [C-]#[N+]C1CC[C@H]2C(C(=O)Nc3cc4cc(-c5ccccc5C)nc(N)c4cn3)[C@@H]12. The number of benzene rings is 1. The summed E-state index contributed by atoms with van der Waals surface area (Å²) in [6.07, 6.45) is 3.55. The summed E-state index contributed by atoms with van der Waals surface area (Å²) in [5, 5.41) is 4.59. The number of nitrogen functional groups attached to an aromatic ring is 1. The molecule has 2 fully saturated rings. The van der Waals surface area contributed by atoms with E-state index >= 15 is 0 Å². The third-order valence-electron chi connectivity index (χ3n) is 6.36. The number of hydrogen-bond donors (Lipinski definition) is 2. The summed E-state index contributed by atoms with van der Waals surface area (Å²) in [7, 11) is 0. The number of hydrogen-bond acceptors (Lipinski definition) is 4. The number of aromatic nitrogens is 2. The van der Waals surface area contributed by atoms with Gasteiger partial charge in [-0.15, -0.1) is 0 Å². The third kappa shape index (κ3) is 2.90. The number of carbonyl (C=O) groups excluding carboxylic acids is 1. The van der Waals surface area contributed by atoms with Crippen LogP contribution in [0.2, 0.25) is 0 Å². The average molecular weight is 383 g/mol. The lowest BCUT2D eigenvalue weighted by molar-refractivity contribution is -0.118. The summed E-state index contributed by atoms with van der Waals surface area (Å²) >= 11 is 0. The number of nitrogens with two attached hydrogens (primary N) is 1. The first kappa shape index (κ1) is 17.6. The van der Waals surface area contributed by atoms with Crippen molar-refractivity contribution in [2.24, 2.45) is 17.8 Å². The van der Waals surface area contributed by atoms with Crippen molar-refractivity contribution in [3.8, 4) is 11.3 Å². The van der Waals surface area contributed by atoms with Gasteiger partial charge >= 0.3 is 0 Å². The Hall–Kier alpha value is -3.46. The lowest BCUT2D eigenvalue weighted by Crippen LogP contribution is -2.19. The van der Waals surface area contributed by atoms with Gasteiger partial charge in [0, 0.05) is 29.5 Å². The molecule has 6 nitrogen and oxygen atoms in total. The minimum atomic E-state index is -0.0506. The molecule has 29 heavy (non-hydrogen) atoms. The molecule has 1 aromatic carbocycles. The second-order valence-electron chi connectivity index (χ2n) is 8.03. The first-order valence-electron chi connectivity index (χ1n) is 9.86. The minimum absolute atomic E-state index is 0.00264. The Morgan fingerprint density at radius 2 is 2.10 bits per heavy atom. The molecule has 4 atom stereocenters. The predicted octanol–water partition coefficient (Wildman–Crippen LogP) is 4.07. The third-order valence-corrected chi connectivity index (χ3v) is 6.36. The van der Waals surface area contributed by atoms with Gasteiger partial charge in [-0.25, -0.2) is 16.5 Å². The maximum atomic E-state index is 12.7. The van der Waals surface area contributed by atoms with Crippen molar-refractivity contribution in [2.75, 3.05) is 11.1 Å². The van der Waals surface area contributed by atoms with Crippen LogP contribution in [0.3, 0.4) is 0 Å². The summed E-state index contributed by atoms with van der Waals surface area (Å²) < 4.78 is 0. The van der Waals surface area contributed by atoms with Crippen LogP contribution in [-0.4, -0.2) is 21.9 Å². The summed E-state index contributed by atoms with van der Waals surface area (Å²) in [6, 6.07) is 11.9. The van der Waals surface area contributed by atoms with Gasteiger partial charge in [0.05, 0.1) is 11.6 Å². The number of fused-ring (bicyclic) bond motifs is 2. The highest BCUT2D eigenvalue weighted by Crippen LogP contribution is 2.58. The molecule has 2 aliphatic rings. The smallest absolute Gasteiger partial charge is 0.229 e. The average Bonchev–Trinajstić information content (AvgIpc) is 3.28. The molecule has 2 unspecified atom stereocenters. The fourth-order valence-electron chi connectivity index (χ4n) is 4.82. The van der Waals surface area contributed by atoms with E-state index in [0.717, 1.165) is 40.4 Å². The molecule has 2 saturated carbocycles. The zero-order chi connectivity index (χ0) is 20.1. The molecule has 1 amide bonds. The number of nitrogens with one attached hydrogen (secondary N) is 1. The highest BCUT2D eigenvalue weighted by Gasteiger charge is 2.64. The molecule has 0 aliphatic heterocycles. The van der Waals surface area contributed by atoms with Crippen molar-refractivity contribution < 1.29 is 4.79 Å². The van der Waals surface area contributed by atoms with Gasteiger partial charge in [-0.1, -0.05) is 24.3 Å².